The molecule has 2 unspecified atom stereocenters. The van der Waals surface area contributed by atoms with Gasteiger partial charge in [-0.15, -0.1) is 13.2 Å². The van der Waals surface area contributed by atoms with E-state index in [9.17, 15) is 27.6 Å². The second-order valence-corrected chi connectivity index (χ2v) is 11.9. The maximum Gasteiger partial charge on any atom is 0.573 e. The molecule has 2 fully saturated rings. The molecule has 12 heteroatoms. The van der Waals surface area contributed by atoms with Crippen molar-refractivity contribution < 1.29 is 37.0 Å². The Kier molecular flexibility index (Phi) is 10.3. The Morgan fingerprint density at radius 1 is 0.891 bits per heavy atom. The van der Waals surface area contributed by atoms with Gasteiger partial charge >= 0.3 is 6.36 Å². The standard InChI is InChI=1S/C34H37F3N4O5/c1-22-20-40(21-23-3-8-28(9-4-23)46-34(35,36)37)16-15-29(22)39-32(43)26-7-12-30(38-19-26)33(44)41-17-13-25(14-18-41)31(42)24-5-10-27(45-2)11-6-24/h3-12,19,22,25,29H,13-18,20-21H2,1-2H3,(H,39,43). The first kappa shape index (κ1) is 32.9. The fourth-order valence-electron chi connectivity index (χ4n) is 6.05. The highest BCUT2D eigenvalue weighted by molar-refractivity contribution is 5.99. The number of hydrogen-bond acceptors (Lipinski definition) is 7. The molecule has 2 amide bonds. The molecule has 0 spiro atoms. The summed E-state index contributed by atoms with van der Waals surface area (Å²) >= 11 is 0. The van der Waals surface area contributed by atoms with E-state index in [0.29, 0.717) is 68.9 Å². The van der Waals surface area contributed by atoms with Gasteiger partial charge in [0.2, 0.25) is 0 Å². The zero-order chi connectivity index (χ0) is 32.8. The lowest BCUT2D eigenvalue weighted by atomic mass is 9.88. The Morgan fingerprint density at radius 2 is 1.54 bits per heavy atom. The predicted molar refractivity (Wildman–Crippen MR) is 164 cm³/mol. The van der Waals surface area contributed by atoms with Gasteiger partial charge in [-0.2, -0.15) is 0 Å². The van der Waals surface area contributed by atoms with Crippen molar-refractivity contribution in [2.24, 2.45) is 11.8 Å². The average Bonchev–Trinajstić information content (AvgIpc) is 3.05. The second kappa shape index (κ2) is 14.3. The number of nitrogens with zero attached hydrogens (tertiary/aromatic N) is 3. The van der Waals surface area contributed by atoms with E-state index >= 15 is 0 Å². The summed E-state index contributed by atoms with van der Waals surface area (Å²) in [5.74, 6) is -0.0126. The number of aromatic nitrogens is 1. The summed E-state index contributed by atoms with van der Waals surface area (Å²) in [4.78, 5) is 47.2. The van der Waals surface area contributed by atoms with Crippen molar-refractivity contribution >= 4 is 17.6 Å². The van der Waals surface area contributed by atoms with Crippen molar-refractivity contribution in [2.45, 2.75) is 45.1 Å². The predicted octanol–water partition coefficient (Wildman–Crippen LogP) is 5.36. The summed E-state index contributed by atoms with van der Waals surface area (Å²) in [6, 6.07) is 16.0. The normalized spacial score (nSPS) is 19.4. The third kappa shape index (κ3) is 8.42. The zero-order valence-corrected chi connectivity index (χ0v) is 25.8. The van der Waals surface area contributed by atoms with Gasteiger partial charge in [-0.3, -0.25) is 24.3 Å². The van der Waals surface area contributed by atoms with Crippen molar-refractivity contribution in [1.29, 1.82) is 0 Å². The Hall–Kier alpha value is -4.45. The van der Waals surface area contributed by atoms with Crippen LogP contribution in [0, 0.1) is 11.8 Å². The number of carbonyl (C=O) groups is 3. The molecule has 244 valence electrons. The van der Waals surface area contributed by atoms with Gasteiger partial charge in [0, 0.05) is 56.4 Å². The van der Waals surface area contributed by atoms with Crippen molar-refractivity contribution in [3.8, 4) is 11.5 Å². The van der Waals surface area contributed by atoms with Gasteiger partial charge in [0.1, 0.15) is 17.2 Å². The number of halogens is 3. The average molecular weight is 639 g/mol. The summed E-state index contributed by atoms with van der Waals surface area (Å²) in [5, 5.41) is 3.08. The Balaban J connectivity index is 1.07. The molecule has 9 nitrogen and oxygen atoms in total. The van der Waals surface area contributed by atoms with Gasteiger partial charge in [0.05, 0.1) is 12.7 Å². The fraction of sp³-hybridized carbons (Fsp3) is 0.412. The number of amides is 2. The number of carbonyl (C=O) groups excluding carboxylic acids is 3. The van der Waals surface area contributed by atoms with Gasteiger partial charge in [-0.1, -0.05) is 19.1 Å². The number of hydrogen-bond donors (Lipinski definition) is 1. The molecule has 2 aliphatic heterocycles. The van der Waals surface area contributed by atoms with Crippen molar-refractivity contribution in [1.82, 2.24) is 20.1 Å². The maximum absolute atomic E-state index is 13.1. The highest BCUT2D eigenvalue weighted by atomic mass is 19.4. The molecule has 1 N–H and O–H groups in total. The minimum atomic E-state index is -4.72. The lowest BCUT2D eigenvalue weighted by molar-refractivity contribution is -0.274. The number of rotatable bonds is 9. The van der Waals surface area contributed by atoms with Crippen LogP contribution >= 0.6 is 0 Å². The third-order valence-corrected chi connectivity index (χ3v) is 8.64. The first-order valence-electron chi connectivity index (χ1n) is 15.3. The van der Waals surface area contributed by atoms with Crippen molar-refractivity contribution in [3.63, 3.8) is 0 Å². The fourth-order valence-corrected chi connectivity index (χ4v) is 6.05. The van der Waals surface area contributed by atoms with Gasteiger partial charge < -0.3 is 19.7 Å². The lowest BCUT2D eigenvalue weighted by Crippen LogP contribution is -2.49. The van der Waals surface area contributed by atoms with Gasteiger partial charge in [0.25, 0.3) is 11.8 Å². The van der Waals surface area contributed by atoms with E-state index in [1.54, 1.807) is 60.5 Å². The topological polar surface area (TPSA) is 101 Å². The SMILES string of the molecule is COc1ccc(C(=O)C2CCN(C(=O)c3ccc(C(=O)NC4CCN(Cc5ccc(OC(F)(F)F)cc5)CC4C)cn3)CC2)cc1. The number of piperidine rings is 2. The molecule has 0 bridgehead atoms. The summed E-state index contributed by atoms with van der Waals surface area (Å²) in [5.41, 5.74) is 2.11. The Labute approximate surface area is 265 Å². The molecular weight excluding hydrogens is 601 g/mol. The molecule has 0 saturated carbocycles. The van der Waals surface area contributed by atoms with E-state index in [4.69, 9.17) is 4.74 Å². The van der Waals surface area contributed by atoms with Crippen LogP contribution in [0.25, 0.3) is 0 Å². The molecule has 2 atom stereocenters. The van der Waals surface area contributed by atoms with E-state index in [1.807, 2.05) is 6.92 Å². The number of benzene rings is 2. The van der Waals surface area contributed by atoms with Crippen LogP contribution in [0.1, 0.15) is 63.0 Å². The highest BCUT2D eigenvalue weighted by Crippen LogP contribution is 2.26. The lowest BCUT2D eigenvalue weighted by Gasteiger charge is -2.37. The van der Waals surface area contributed by atoms with E-state index < -0.39 is 6.36 Å². The van der Waals surface area contributed by atoms with Crippen molar-refractivity contribution in [3.05, 3.63) is 89.2 Å². The van der Waals surface area contributed by atoms with Crippen LogP contribution in [0.3, 0.4) is 0 Å². The summed E-state index contributed by atoms with van der Waals surface area (Å²) in [6.45, 7) is 4.94. The van der Waals surface area contributed by atoms with E-state index in [-0.39, 0.29) is 46.9 Å². The number of ketones is 1. The molecule has 3 aromatic rings. The summed E-state index contributed by atoms with van der Waals surface area (Å²) < 4.78 is 46.3. The molecule has 2 aromatic carbocycles. The minimum Gasteiger partial charge on any atom is -0.497 e. The van der Waals surface area contributed by atoms with Gasteiger partial charge in [-0.25, -0.2) is 0 Å². The van der Waals surface area contributed by atoms with Gasteiger partial charge in [-0.05, 0) is 79.3 Å². The highest BCUT2D eigenvalue weighted by Gasteiger charge is 2.32. The van der Waals surface area contributed by atoms with Crippen LogP contribution in [0.2, 0.25) is 0 Å². The summed E-state index contributed by atoms with van der Waals surface area (Å²) in [6.07, 6.45) is -1.47. The quantitative estimate of drug-likeness (QED) is 0.315. The number of methoxy groups -OCH3 is 1. The Bertz CT molecular complexity index is 1510. The largest absolute Gasteiger partial charge is 0.573 e. The number of alkyl halides is 3. The van der Waals surface area contributed by atoms with Crippen LogP contribution in [0.4, 0.5) is 13.2 Å². The van der Waals surface area contributed by atoms with Crippen LogP contribution < -0.4 is 14.8 Å². The molecule has 3 heterocycles. The van der Waals surface area contributed by atoms with E-state index in [0.717, 1.165) is 5.56 Å². The number of pyridine rings is 1. The number of nitrogens with one attached hydrogen (secondary N) is 1. The molecular formula is C34H37F3N4O5. The molecule has 46 heavy (non-hydrogen) atoms. The minimum absolute atomic E-state index is 0.0606. The van der Waals surface area contributed by atoms with E-state index in [1.165, 1.54) is 18.3 Å². The van der Waals surface area contributed by atoms with Gasteiger partial charge in [0.15, 0.2) is 5.78 Å². The molecule has 5 rings (SSSR count). The smallest absolute Gasteiger partial charge is 0.497 e. The molecule has 1 aromatic heterocycles. The second-order valence-electron chi connectivity index (χ2n) is 11.9. The van der Waals surface area contributed by atoms with Crippen LogP contribution in [-0.4, -0.2) is 78.1 Å². The third-order valence-electron chi connectivity index (χ3n) is 8.64. The number of ether oxygens (including phenoxy) is 2. The number of Topliss-reactive ketones (excluding diaryl/α,β-unsaturated/α-hetero) is 1. The summed E-state index contributed by atoms with van der Waals surface area (Å²) in [7, 11) is 1.58. The monoisotopic (exact) mass is 638 g/mol. The molecule has 0 aliphatic carbocycles. The van der Waals surface area contributed by atoms with E-state index in [2.05, 4.69) is 19.9 Å². The first-order valence-corrected chi connectivity index (χ1v) is 15.3. The van der Waals surface area contributed by atoms with Crippen molar-refractivity contribution in [2.75, 3.05) is 33.3 Å². The number of likely N-dealkylation sites (tertiary alicyclic amines) is 2. The molecule has 2 saturated heterocycles. The van der Waals surface area contributed by atoms with Crippen LogP contribution in [0.5, 0.6) is 11.5 Å². The van der Waals surface area contributed by atoms with Crippen LogP contribution in [-0.2, 0) is 6.54 Å². The van der Waals surface area contributed by atoms with Crippen LogP contribution in [0.15, 0.2) is 66.9 Å². The first-order chi connectivity index (χ1) is 22.0. The Morgan fingerprint density at radius 3 is 2.13 bits per heavy atom. The maximum atomic E-state index is 13.1. The molecule has 0 radical (unpaired) electrons. The molecule has 2 aliphatic rings. The zero-order valence-electron chi connectivity index (χ0n) is 25.8.